The van der Waals surface area contributed by atoms with Gasteiger partial charge in [-0.05, 0) is 60.7 Å². The van der Waals surface area contributed by atoms with Crippen LogP contribution in [0.5, 0.6) is 0 Å². The Labute approximate surface area is 119 Å². The topological polar surface area (TPSA) is 29.3 Å². The SMILES string of the molecule is Cc1ccc(F)cc1CN1CCCc2ccc(N)cc21. The summed E-state index contributed by atoms with van der Waals surface area (Å²) in [4.78, 5) is 2.30. The van der Waals surface area contributed by atoms with Crippen LogP contribution in [-0.2, 0) is 13.0 Å². The number of anilines is 2. The molecule has 0 fully saturated rings. The van der Waals surface area contributed by atoms with E-state index in [9.17, 15) is 4.39 Å². The average molecular weight is 270 g/mol. The van der Waals surface area contributed by atoms with Gasteiger partial charge in [0.25, 0.3) is 0 Å². The first-order valence-electron chi connectivity index (χ1n) is 7.02. The molecule has 0 aliphatic carbocycles. The van der Waals surface area contributed by atoms with Crippen molar-refractivity contribution in [1.82, 2.24) is 0 Å². The zero-order chi connectivity index (χ0) is 14.1. The Balaban J connectivity index is 1.93. The molecule has 0 amide bonds. The Hall–Kier alpha value is -2.03. The highest BCUT2D eigenvalue weighted by atomic mass is 19.1. The third-order valence-corrected chi connectivity index (χ3v) is 4.00. The quantitative estimate of drug-likeness (QED) is 0.844. The fourth-order valence-electron chi connectivity index (χ4n) is 2.85. The van der Waals surface area contributed by atoms with Gasteiger partial charge in [0.05, 0.1) is 0 Å². The molecule has 1 heterocycles. The molecule has 3 heteroatoms. The van der Waals surface area contributed by atoms with Crippen LogP contribution in [0.25, 0.3) is 0 Å². The van der Waals surface area contributed by atoms with Crippen molar-refractivity contribution in [3.8, 4) is 0 Å². The fourth-order valence-corrected chi connectivity index (χ4v) is 2.85. The summed E-state index contributed by atoms with van der Waals surface area (Å²) in [6.07, 6.45) is 2.22. The van der Waals surface area contributed by atoms with Crippen molar-refractivity contribution in [2.24, 2.45) is 0 Å². The monoisotopic (exact) mass is 270 g/mol. The van der Waals surface area contributed by atoms with Crippen LogP contribution in [0.15, 0.2) is 36.4 Å². The summed E-state index contributed by atoms with van der Waals surface area (Å²) in [7, 11) is 0. The van der Waals surface area contributed by atoms with E-state index < -0.39 is 0 Å². The molecule has 3 rings (SSSR count). The second kappa shape index (κ2) is 5.16. The number of nitrogens with two attached hydrogens (primary N) is 1. The maximum absolute atomic E-state index is 13.4. The van der Waals surface area contributed by atoms with E-state index in [1.165, 1.54) is 17.3 Å². The van der Waals surface area contributed by atoms with Gasteiger partial charge in [-0.3, -0.25) is 0 Å². The zero-order valence-electron chi connectivity index (χ0n) is 11.7. The highest BCUT2D eigenvalue weighted by Crippen LogP contribution is 2.30. The first kappa shape index (κ1) is 13.0. The third-order valence-electron chi connectivity index (χ3n) is 4.00. The van der Waals surface area contributed by atoms with Gasteiger partial charge >= 0.3 is 0 Å². The van der Waals surface area contributed by atoms with Gasteiger partial charge in [-0.15, -0.1) is 0 Å². The minimum Gasteiger partial charge on any atom is -0.399 e. The van der Waals surface area contributed by atoms with E-state index in [1.807, 2.05) is 25.1 Å². The van der Waals surface area contributed by atoms with E-state index in [0.717, 1.165) is 42.7 Å². The summed E-state index contributed by atoms with van der Waals surface area (Å²) in [5, 5.41) is 0. The summed E-state index contributed by atoms with van der Waals surface area (Å²) in [5.74, 6) is -0.171. The molecular formula is C17H19FN2. The number of nitrogen functional groups attached to an aromatic ring is 1. The lowest BCUT2D eigenvalue weighted by Gasteiger charge is -2.32. The Morgan fingerprint density at radius 3 is 2.90 bits per heavy atom. The van der Waals surface area contributed by atoms with E-state index in [4.69, 9.17) is 5.73 Å². The Bertz CT molecular complexity index is 637. The smallest absolute Gasteiger partial charge is 0.123 e. The van der Waals surface area contributed by atoms with E-state index in [-0.39, 0.29) is 5.82 Å². The van der Waals surface area contributed by atoms with E-state index >= 15 is 0 Å². The van der Waals surface area contributed by atoms with Gasteiger partial charge in [0, 0.05) is 24.5 Å². The van der Waals surface area contributed by atoms with Crippen LogP contribution in [0.2, 0.25) is 0 Å². The highest BCUT2D eigenvalue weighted by molar-refractivity contribution is 5.62. The summed E-state index contributed by atoms with van der Waals surface area (Å²) in [6, 6.07) is 11.1. The third kappa shape index (κ3) is 2.48. The van der Waals surface area contributed by atoms with E-state index in [1.54, 1.807) is 6.07 Å². The van der Waals surface area contributed by atoms with Crippen LogP contribution in [0.3, 0.4) is 0 Å². The molecule has 104 valence electrons. The molecule has 2 aromatic carbocycles. The van der Waals surface area contributed by atoms with Crippen LogP contribution in [0.1, 0.15) is 23.1 Å². The molecular weight excluding hydrogens is 251 g/mol. The second-order valence-corrected chi connectivity index (χ2v) is 5.48. The maximum Gasteiger partial charge on any atom is 0.123 e. The lowest BCUT2D eigenvalue weighted by atomic mass is 9.99. The normalized spacial score (nSPS) is 14.2. The second-order valence-electron chi connectivity index (χ2n) is 5.48. The standard InChI is InChI=1S/C17H19FN2/c1-12-4-6-15(18)9-14(12)11-20-8-2-3-13-5-7-16(19)10-17(13)20/h4-7,9-10H,2-3,8,11,19H2,1H3. The van der Waals surface area contributed by atoms with Crippen molar-refractivity contribution in [1.29, 1.82) is 0 Å². The molecule has 2 nitrogen and oxygen atoms in total. The number of benzene rings is 2. The Kier molecular flexibility index (Phi) is 3.35. The van der Waals surface area contributed by atoms with Crippen molar-refractivity contribution < 1.29 is 4.39 Å². The molecule has 0 aromatic heterocycles. The van der Waals surface area contributed by atoms with Crippen molar-refractivity contribution in [2.75, 3.05) is 17.2 Å². The molecule has 0 radical (unpaired) electrons. The number of halogens is 1. The van der Waals surface area contributed by atoms with Crippen LogP contribution in [0.4, 0.5) is 15.8 Å². The first-order valence-corrected chi connectivity index (χ1v) is 7.02. The summed E-state index contributed by atoms with van der Waals surface area (Å²) >= 11 is 0. The van der Waals surface area contributed by atoms with Crippen LogP contribution in [-0.4, -0.2) is 6.54 Å². The molecule has 0 saturated carbocycles. The van der Waals surface area contributed by atoms with Crippen molar-refractivity contribution in [3.63, 3.8) is 0 Å². The van der Waals surface area contributed by atoms with Gasteiger partial charge in [-0.25, -0.2) is 4.39 Å². The number of aryl methyl sites for hydroxylation is 2. The molecule has 20 heavy (non-hydrogen) atoms. The predicted molar refractivity (Wildman–Crippen MR) is 81.4 cm³/mol. The van der Waals surface area contributed by atoms with Gasteiger partial charge in [0.15, 0.2) is 0 Å². The van der Waals surface area contributed by atoms with Crippen LogP contribution >= 0.6 is 0 Å². The van der Waals surface area contributed by atoms with Gasteiger partial charge in [0.1, 0.15) is 5.82 Å². The molecule has 0 saturated heterocycles. The number of rotatable bonds is 2. The largest absolute Gasteiger partial charge is 0.399 e. The highest BCUT2D eigenvalue weighted by Gasteiger charge is 2.18. The minimum absolute atomic E-state index is 0.171. The van der Waals surface area contributed by atoms with E-state index in [2.05, 4.69) is 11.0 Å². The molecule has 1 aliphatic rings. The molecule has 1 aliphatic heterocycles. The van der Waals surface area contributed by atoms with Gasteiger partial charge < -0.3 is 10.6 Å². The van der Waals surface area contributed by atoms with Crippen LogP contribution < -0.4 is 10.6 Å². The van der Waals surface area contributed by atoms with Gasteiger partial charge in [-0.2, -0.15) is 0 Å². The molecule has 2 N–H and O–H groups in total. The molecule has 0 spiro atoms. The predicted octanol–water partition coefficient (Wildman–Crippen LogP) is 3.67. The zero-order valence-corrected chi connectivity index (χ0v) is 11.7. The van der Waals surface area contributed by atoms with Crippen molar-refractivity contribution in [3.05, 3.63) is 58.9 Å². The summed E-state index contributed by atoms with van der Waals surface area (Å²) < 4.78 is 13.4. The average Bonchev–Trinajstić information content (AvgIpc) is 2.43. The lowest BCUT2D eigenvalue weighted by Crippen LogP contribution is -2.29. The fraction of sp³-hybridized carbons (Fsp3) is 0.294. The maximum atomic E-state index is 13.4. The lowest BCUT2D eigenvalue weighted by molar-refractivity contribution is 0.621. The van der Waals surface area contributed by atoms with Crippen molar-refractivity contribution >= 4 is 11.4 Å². The minimum atomic E-state index is -0.171. The summed E-state index contributed by atoms with van der Waals surface area (Å²) in [5.41, 5.74) is 11.4. The summed E-state index contributed by atoms with van der Waals surface area (Å²) in [6.45, 7) is 3.76. The molecule has 0 unspecified atom stereocenters. The number of hydrogen-bond acceptors (Lipinski definition) is 2. The van der Waals surface area contributed by atoms with E-state index in [0.29, 0.717) is 0 Å². The number of fused-ring (bicyclic) bond motifs is 1. The molecule has 2 aromatic rings. The first-order chi connectivity index (χ1) is 9.63. The van der Waals surface area contributed by atoms with Crippen LogP contribution in [0, 0.1) is 12.7 Å². The number of hydrogen-bond donors (Lipinski definition) is 1. The Morgan fingerprint density at radius 2 is 2.05 bits per heavy atom. The molecule has 0 atom stereocenters. The van der Waals surface area contributed by atoms with Crippen molar-refractivity contribution in [2.45, 2.75) is 26.3 Å². The van der Waals surface area contributed by atoms with Gasteiger partial charge in [0.2, 0.25) is 0 Å². The number of nitrogens with zero attached hydrogens (tertiary/aromatic N) is 1. The Morgan fingerprint density at radius 1 is 1.20 bits per heavy atom. The molecule has 0 bridgehead atoms. The van der Waals surface area contributed by atoms with Gasteiger partial charge in [-0.1, -0.05) is 12.1 Å².